The van der Waals surface area contributed by atoms with Crippen LogP contribution in [0.3, 0.4) is 0 Å². The molecule has 0 aliphatic carbocycles. The number of carbonyl (C=O) groups excluding carboxylic acids is 4. The van der Waals surface area contributed by atoms with Gasteiger partial charge in [0.15, 0.2) is 0 Å². The van der Waals surface area contributed by atoms with Crippen LogP contribution < -0.4 is 15.5 Å². The molecule has 1 atom stereocenters. The molecule has 5 rings (SSSR count). The highest BCUT2D eigenvalue weighted by Gasteiger charge is 2.39. The fourth-order valence-electron chi connectivity index (χ4n) is 4.98. The van der Waals surface area contributed by atoms with E-state index in [1.165, 1.54) is 4.90 Å². The Labute approximate surface area is 191 Å². The number of rotatable bonds is 2. The van der Waals surface area contributed by atoms with Crippen LogP contribution in [0.4, 0.5) is 16.2 Å². The van der Waals surface area contributed by atoms with Crippen molar-refractivity contribution in [3.05, 3.63) is 59.2 Å². The van der Waals surface area contributed by atoms with Gasteiger partial charge in [-0.3, -0.25) is 24.6 Å². The van der Waals surface area contributed by atoms with E-state index in [0.717, 1.165) is 23.2 Å². The molecule has 0 saturated carbocycles. The lowest BCUT2D eigenvalue weighted by molar-refractivity contribution is -0.136. The van der Waals surface area contributed by atoms with Gasteiger partial charge in [-0.1, -0.05) is 32.0 Å². The second-order valence-corrected chi connectivity index (χ2v) is 9.50. The van der Waals surface area contributed by atoms with Crippen molar-refractivity contribution < 1.29 is 19.2 Å². The van der Waals surface area contributed by atoms with Crippen LogP contribution in [0.5, 0.6) is 0 Å². The van der Waals surface area contributed by atoms with Gasteiger partial charge < -0.3 is 10.2 Å². The standard InChI is InChI=1S/C25H26N4O4/c1-25(2)11-12-28(19-6-4-3-5-18(19)25)24(33)26-16-7-8-17-15(13-16)14-29(23(17)32)20-9-10-21(30)27-22(20)31/h3-8,13,20H,9-12,14H2,1-2H3,(H,26,33)(H,27,30,31). The van der Waals surface area contributed by atoms with Gasteiger partial charge in [-0.25, -0.2) is 4.79 Å². The molecule has 170 valence electrons. The smallest absolute Gasteiger partial charge is 0.322 e. The van der Waals surface area contributed by atoms with E-state index in [9.17, 15) is 19.2 Å². The summed E-state index contributed by atoms with van der Waals surface area (Å²) in [6, 6.07) is 12.3. The number of amides is 5. The van der Waals surface area contributed by atoms with E-state index in [2.05, 4.69) is 30.5 Å². The van der Waals surface area contributed by atoms with Gasteiger partial charge in [-0.05, 0) is 53.6 Å². The third-order valence-corrected chi connectivity index (χ3v) is 6.90. The van der Waals surface area contributed by atoms with Crippen molar-refractivity contribution in [2.75, 3.05) is 16.8 Å². The molecule has 2 aromatic rings. The molecule has 33 heavy (non-hydrogen) atoms. The zero-order valence-electron chi connectivity index (χ0n) is 18.7. The summed E-state index contributed by atoms with van der Waals surface area (Å²) in [7, 11) is 0. The van der Waals surface area contributed by atoms with E-state index in [4.69, 9.17) is 0 Å². The maximum Gasteiger partial charge on any atom is 0.326 e. The van der Waals surface area contributed by atoms with E-state index >= 15 is 0 Å². The lowest BCUT2D eigenvalue weighted by Gasteiger charge is -2.39. The Kier molecular flexibility index (Phi) is 4.96. The quantitative estimate of drug-likeness (QED) is 0.693. The lowest BCUT2D eigenvalue weighted by atomic mass is 9.78. The Balaban J connectivity index is 1.34. The number of fused-ring (bicyclic) bond motifs is 2. The third kappa shape index (κ3) is 3.65. The molecule has 0 aromatic heterocycles. The molecule has 1 unspecified atom stereocenters. The molecule has 1 saturated heterocycles. The summed E-state index contributed by atoms with van der Waals surface area (Å²) >= 11 is 0. The van der Waals surface area contributed by atoms with Crippen LogP contribution in [0.15, 0.2) is 42.5 Å². The van der Waals surface area contributed by atoms with Gasteiger partial charge in [0.1, 0.15) is 6.04 Å². The minimum absolute atomic E-state index is 0.000780. The van der Waals surface area contributed by atoms with E-state index in [1.54, 1.807) is 23.1 Å². The maximum atomic E-state index is 13.1. The highest BCUT2D eigenvalue weighted by atomic mass is 16.2. The number of benzene rings is 2. The Hall–Kier alpha value is -3.68. The molecule has 5 amide bonds. The second-order valence-electron chi connectivity index (χ2n) is 9.50. The van der Waals surface area contributed by atoms with Crippen LogP contribution in [-0.2, 0) is 21.5 Å². The Morgan fingerprint density at radius 3 is 2.70 bits per heavy atom. The van der Waals surface area contributed by atoms with Gasteiger partial charge in [-0.15, -0.1) is 0 Å². The van der Waals surface area contributed by atoms with Gasteiger partial charge in [0, 0.05) is 36.4 Å². The predicted molar refractivity (Wildman–Crippen MR) is 123 cm³/mol. The highest BCUT2D eigenvalue weighted by Crippen LogP contribution is 2.39. The molecule has 3 aliphatic heterocycles. The van der Waals surface area contributed by atoms with E-state index in [0.29, 0.717) is 24.2 Å². The van der Waals surface area contributed by atoms with E-state index in [1.807, 2.05) is 18.2 Å². The molecule has 8 heteroatoms. The Morgan fingerprint density at radius 2 is 1.91 bits per heavy atom. The summed E-state index contributed by atoms with van der Waals surface area (Å²) < 4.78 is 0. The fourth-order valence-corrected chi connectivity index (χ4v) is 4.98. The van der Waals surface area contributed by atoms with Crippen LogP contribution in [-0.4, -0.2) is 41.2 Å². The molecule has 0 radical (unpaired) electrons. The Bertz CT molecular complexity index is 1190. The number of para-hydroxylation sites is 1. The van der Waals surface area contributed by atoms with Crippen LogP contribution >= 0.6 is 0 Å². The zero-order valence-corrected chi connectivity index (χ0v) is 18.7. The predicted octanol–water partition coefficient (Wildman–Crippen LogP) is 3.17. The molecule has 2 N–H and O–H groups in total. The van der Waals surface area contributed by atoms with Crippen molar-refractivity contribution in [1.29, 1.82) is 0 Å². The van der Waals surface area contributed by atoms with Crippen molar-refractivity contribution in [1.82, 2.24) is 10.2 Å². The number of nitrogens with one attached hydrogen (secondary N) is 2. The topological polar surface area (TPSA) is 98.8 Å². The minimum atomic E-state index is -0.658. The number of anilines is 2. The van der Waals surface area contributed by atoms with Crippen molar-refractivity contribution in [3.63, 3.8) is 0 Å². The average Bonchev–Trinajstić information content (AvgIpc) is 3.09. The van der Waals surface area contributed by atoms with Gasteiger partial charge in [-0.2, -0.15) is 0 Å². The first-order chi connectivity index (χ1) is 15.7. The summed E-state index contributed by atoms with van der Waals surface area (Å²) in [5, 5.41) is 5.27. The number of hydrogen-bond acceptors (Lipinski definition) is 4. The molecule has 0 spiro atoms. The van der Waals surface area contributed by atoms with Crippen LogP contribution in [0.2, 0.25) is 0 Å². The SMILES string of the molecule is CC1(C)CCN(C(=O)Nc2ccc3c(c2)CN(C2CCC(=O)NC2=O)C3=O)c2ccccc21. The number of hydrogen-bond donors (Lipinski definition) is 2. The summed E-state index contributed by atoms with van der Waals surface area (Å²) in [6.45, 7) is 5.26. The molecule has 3 heterocycles. The van der Waals surface area contributed by atoms with Crippen molar-refractivity contribution >= 4 is 35.1 Å². The summed E-state index contributed by atoms with van der Waals surface area (Å²) in [6.07, 6.45) is 1.39. The van der Waals surface area contributed by atoms with E-state index < -0.39 is 11.9 Å². The molecule has 1 fully saturated rings. The molecule has 2 aromatic carbocycles. The number of imide groups is 1. The van der Waals surface area contributed by atoms with Gasteiger partial charge >= 0.3 is 6.03 Å². The molecule has 3 aliphatic rings. The van der Waals surface area contributed by atoms with Crippen molar-refractivity contribution in [2.24, 2.45) is 0 Å². The third-order valence-electron chi connectivity index (χ3n) is 6.90. The zero-order chi connectivity index (χ0) is 23.3. The number of nitrogens with zero attached hydrogens (tertiary/aromatic N) is 2. The summed E-state index contributed by atoms with van der Waals surface area (Å²) in [5.74, 6) is -0.981. The van der Waals surface area contributed by atoms with Crippen LogP contribution in [0.1, 0.15) is 54.6 Å². The monoisotopic (exact) mass is 446 g/mol. The highest BCUT2D eigenvalue weighted by molar-refractivity contribution is 6.06. The van der Waals surface area contributed by atoms with Crippen LogP contribution in [0.25, 0.3) is 0 Å². The van der Waals surface area contributed by atoms with Crippen LogP contribution in [0, 0.1) is 0 Å². The average molecular weight is 447 g/mol. The van der Waals surface area contributed by atoms with Gasteiger partial charge in [0.05, 0.1) is 0 Å². The van der Waals surface area contributed by atoms with E-state index in [-0.39, 0.29) is 36.2 Å². The largest absolute Gasteiger partial charge is 0.326 e. The van der Waals surface area contributed by atoms with Crippen molar-refractivity contribution in [3.8, 4) is 0 Å². The Morgan fingerprint density at radius 1 is 1.12 bits per heavy atom. The molecular formula is C25H26N4O4. The number of carbonyl (C=O) groups is 4. The number of urea groups is 1. The minimum Gasteiger partial charge on any atom is -0.322 e. The summed E-state index contributed by atoms with van der Waals surface area (Å²) in [4.78, 5) is 52.9. The second kappa shape index (κ2) is 7.72. The fraction of sp³-hybridized carbons (Fsp3) is 0.360. The normalized spacial score (nSPS) is 21.4. The first-order valence-electron chi connectivity index (χ1n) is 11.2. The molecular weight excluding hydrogens is 420 g/mol. The van der Waals surface area contributed by atoms with Gasteiger partial charge in [0.2, 0.25) is 11.8 Å². The molecule has 8 nitrogen and oxygen atoms in total. The van der Waals surface area contributed by atoms with Gasteiger partial charge in [0.25, 0.3) is 5.91 Å². The first kappa shape index (κ1) is 21.2. The lowest BCUT2D eigenvalue weighted by Crippen LogP contribution is -2.52. The van der Waals surface area contributed by atoms with Crippen molar-refractivity contribution in [2.45, 2.75) is 51.1 Å². The summed E-state index contributed by atoms with van der Waals surface area (Å²) in [5.41, 5.74) is 3.92. The first-order valence-corrected chi connectivity index (χ1v) is 11.2. The molecule has 0 bridgehead atoms. The maximum absolute atomic E-state index is 13.1. The number of piperidine rings is 1.